The van der Waals surface area contributed by atoms with Gasteiger partial charge >= 0.3 is 0 Å². The summed E-state index contributed by atoms with van der Waals surface area (Å²) in [6.45, 7) is 9.95. The number of fused-ring (bicyclic) bond motifs is 8. The fourth-order valence-corrected chi connectivity index (χ4v) is 11.9. The van der Waals surface area contributed by atoms with Crippen molar-refractivity contribution in [1.82, 2.24) is 0 Å². The molecule has 0 heterocycles. The van der Waals surface area contributed by atoms with Gasteiger partial charge < -0.3 is 0 Å². The molecule has 0 radical (unpaired) electrons. The first-order valence-electron chi connectivity index (χ1n) is 18.6. The summed E-state index contributed by atoms with van der Waals surface area (Å²) in [5.41, 5.74) is 23.5. The molecule has 0 N–H and O–H groups in total. The molecule has 0 amide bonds. The molecule has 0 spiro atoms. The lowest BCUT2D eigenvalue weighted by Crippen LogP contribution is -2.37. The van der Waals surface area contributed by atoms with Crippen LogP contribution in [0.15, 0.2) is 132 Å². The van der Waals surface area contributed by atoms with Crippen LogP contribution in [0, 0.1) is 11.8 Å². The van der Waals surface area contributed by atoms with E-state index in [2.05, 4.69) is 137 Å². The van der Waals surface area contributed by atoms with Gasteiger partial charge in [-0.3, -0.25) is 0 Å². The Bertz CT molecular complexity index is 2900. The third kappa shape index (κ3) is 2.82. The molecule has 0 saturated heterocycles. The van der Waals surface area contributed by atoms with E-state index in [0.29, 0.717) is 11.8 Å². The van der Waals surface area contributed by atoms with Crippen LogP contribution >= 0.6 is 0 Å². The maximum Gasteiger partial charge on any atom is 0.0208 e. The third-order valence-electron chi connectivity index (χ3n) is 14.2. The van der Waals surface area contributed by atoms with Gasteiger partial charge in [-0.15, -0.1) is 0 Å². The van der Waals surface area contributed by atoms with Crippen molar-refractivity contribution in [3.63, 3.8) is 0 Å². The Morgan fingerprint density at radius 3 is 1.98 bits per heavy atom. The van der Waals surface area contributed by atoms with E-state index >= 15 is 0 Å². The second-order valence-corrected chi connectivity index (χ2v) is 17.1. The van der Waals surface area contributed by atoms with Crippen LogP contribution in [0.3, 0.4) is 0 Å². The average Bonchev–Trinajstić information content (AvgIpc) is 3.62. The van der Waals surface area contributed by atoms with Crippen molar-refractivity contribution in [3.8, 4) is 22.3 Å². The lowest BCUT2D eigenvalue weighted by molar-refractivity contribution is 0.521. The molecule has 0 heteroatoms. The summed E-state index contributed by atoms with van der Waals surface area (Å²) in [4.78, 5) is 0. The van der Waals surface area contributed by atoms with Gasteiger partial charge in [0.2, 0.25) is 0 Å². The predicted octanol–water partition coefficient (Wildman–Crippen LogP) is 12.7. The first-order valence-corrected chi connectivity index (χ1v) is 18.6. The standard InChI is InChI=1S/C50H36/c1-49(2)39-21-33-31-17-15-27-13-11-26-8-6-10-30-20-38(47(31)45(27)44(26)30)36(33)24-42(39)50(3,4)40-22-34-32-18-16-28-14-12-25-7-5-9-29-19-37(35(34)23-41(40)49)48(32)46(28)43(25)29/h5-7,9-12,14-24,45,47H,8,13H2,1-4H3. The summed E-state index contributed by atoms with van der Waals surface area (Å²) in [6, 6.07) is 29.1. The molecule has 236 valence electrons. The quantitative estimate of drug-likeness (QED) is 0.145. The van der Waals surface area contributed by atoms with Crippen LogP contribution in [-0.4, -0.2) is 0 Å². The van der Waals surface area contributed by atoms with Crippen molar-refractivity contribution in [2.75, 3.05) is 0 Å². The van der Waals surface area contributed by atoms with Crippen molar-refractivity contribution in [3.05, 3.63) is 165 Å². The summed E-state index contributed by atoms with van der Waals surface area (Å²) in [7, 11) is 0. The topological polar surface area (TPSA) is 0 Å². The number of allylic oxidation sites excluding steroid dienone is 12. The molecule has 0 aromatic heterocycles. The predicted molar refractivity (Wildman–Crippen MR) is 210 cm³/mol. The molecule has 0 aliphatic heterocycles. The summed E-state index contributed by atoms with van der Waals surface area (Å²) in [5, 5.41) is 8.31. The highest BCUT2D eigenvalue weighted by Crippen LogP contribution is 2.63. The van der Waals surface area contributed by atoms with E-state index in [9.17, 15) is 0 Å². The van der Waals surface area contributed by atoms with Gasteiger partial charge in [-0.05, 0) is 159 Å². The SMILES string of the molecule is CC1(C)c2cc3c(cc2C(C)(C)c2cc4c(cc21)-c1ccc2ccc5cccc6cc-4c1c2c56)C1=CC=C2CC=C4CC=CC5=C4C2C1C3=C5. The van der Waals surface area contributed by atoms with Crippen molar-refractivity contribution in [2.45, 2.75) is 51.4 Å². The van der Waals surface area contributed by atoms with Crippen LogP contribution in [0.2, 0.25) is 0 Å². The van der Waals surface area contributed by atoms with Gasteiger partial charge in [-0.25, -0.2) is 0 Å². The number of hydrogen-bond donors (Lipinski definition) is 0. The molecular formula is C50H36. The van der Waals surface area contributed by atoms with E-state index in [1.165, 1.54) is 99.1 Å². The first kappa shape index (κ1) is 26.6. The normalized spacial score (nSPS) is 23.3. The van der Waals surface area contributed by atoms with E-state index in [-0.39, 0.29) is 10.8 Å². The Morgan fingerprint density at radius 1 is 0.540 bits per heavy atom. The molecule has 50 heavy (non-hydrogen) atoms. The molecule has 0 bridgehead atoms. The highest BCUT2D eigenvalue weighted by atomic mass is 14.5. The van der Waals surface area contributed by atoms with E-state index in [1.807, 2.05) is 0 Å². The zero-order valence-corrected chi connectivity index (χ0v) is 29.0. The van der Waals surface area contributed by atoms with Crippen molar-refractivity contribution in [2.24, 2.45) is 11.8 Å². The maximum absolute atomic E-state index is 2.64. The molecule has 6 aromatic carbocycles. The molecule has 7 aliphatic carbocycles. The minimum atomic E-state index is -0.138. The minimum absolute atomic E-state index is 0.138. The number of rotatable bonds is 0. The minimum Gasteiger partial charge on any atom is -0.0795 e. The smallest absolute Gasteiger partial charge is 0.0208 e. The zero-order valence-electron chi connectivity index (χ0n) is 29.0. The zero-order chi connectivity index (χ0) is 33.0. The van der Waals surface area contributed by atoms with E-state index < -0.39 is 0 Å². The summed E-state index contributed by atoms with van der Waals surface area (Å²) in [5.74, 6) is 0.936. The molecule has 0 fully saturated rings. The van der Waals surface area contributed by atoms with Gasteiger partial charge in [0.05, 0.1) is 0 Å². The average molecular weight is 637 g/mol. The van der Waals surface area contributed by atoms with Gasteiger partial charge in [-0.1, -0.05) is 112 Å². The Morgan fingerprint density at radius 2 is 1.20 bits per heavy atom. The summed E-state index contributed by atoms with van der Waals surface area (Å²) < 4.78 is 0. The van der Waals surface area contributed by atoms with E-state index in [4.69, 9.17) is 0 Å². The summed E-state index contributed by atoms with van der Waals surface area (Å²) in [6.07, 6.45) is 17.0. The van der Waals surface area contributed by atoms with Crippen LogP contribution in [0.5, 0.6) is 0 Å². The van der Waals surface area contributed by atoms with Crippen molar-refractivity contribution in [1.29, 1.82) is 0 Å². The Balaban J connectivity index is 1.06. The molecule has 6 aromatic rings. The Hall–Kier alpha value is -5.20. The van der Waals surface area contributed by atoms with Crippen LogP contribution in [0.1, 0.15) is 73.9 Å². The second kappa shape index (κ2) is 8.22. The van der Waals surface area contributed by atoms with Crippen LogP contribution in [-0.2, 0) is 10.8 Å². The van der Waals surface area contributed by atoms with Gasteiger partial charge in [-0.2, -0.15) is 0 Å². The van der Waals surface area contributed by atoms with Crippen LogP contribution in [0.4, 0.5) is 0 Å². The highest BCUT2D eigenvalue weighted by Gasteiger charge is 2.49. The summed E-state index contributed by atoms with van der Waals surface area (Å²) >= 11 is 0. The second-order valence-electron chi connectivity index (χ2n) is 17.1. The lowest BCUT2D eigenvalue weighted by atomic mass is 9.59. The molecule has 0 saturated carbocycles. The molecule has 13 rings (SSSR count). The number of benzene rings is 6. The molecule has 2 atom stereocenters. The van der Waals surface area contributed by atoms with Crippen molar-refractivity contribution < 1.29 is 0 Å². The monoisotopic (exact) mass is 636 g/mol. The van der Waals surface area contributed by atoms with Crippen LogP contribution < -0.4 is 0 Å². The van der Waals surface area contributed by atoms with E-state index in [0.717, 1.165) is 12.8 Å². The fourth-order valence-electron chi connectivity index (χ4n) is 11.9. The third-order valence-corrected chi connectivity index (χ3v) is 14.2. The van der Waals surface area contributed by atoms with Gasteiger partial charge in [0.25, 0.3) is 0 Å². The van der Waals surface area contributed by atoms with Gasteiger partial charge in [0.1, 0.15) is 0 Å². The molecular weight excluding hydrogens is 601 g/mol. The highest BCUT2D eigenvalue weighted by molar-refractivity contribution is 6.32. The Kier molecular flexibility index (Phi) is 4.38. The fraction of sp³-hybridized carbons (Fsp3) is 0.200. The van der Waals surface area contributed by atoms with Crippen molar-refractivity contribution >= 4 is 43.5 Å². The van der Waals surface area contributed by atoms with Gasteiger partial charge in [0.15, 0.2) is 0 Å². The molecule has 2 unspecified atom stereocenters. The lowest BCUT2D eigenvalue weighted by Gasteiger charge is -2.44. The number of hydrogen-bond acceptors (Lipinski definition) is 0. The van der Waals surface area contributed by atoms with Crippen LogP contribution in [0.25, 0.3) is 65.7 Å². The van der Waals surface area contributed by atoms with E-state index in [1.54, 1.807) is 22.3 Å². The first-order chi connectivity index (χ1) is 24.3. The Labute approximate surface area is 292 Å². The largest absolute Gasteiger partial charge is 0.0795 e. The molecule has 0 nitrogen and oxygen atoms in total. The van der Waals surface area contributed by atoms with Gasteiger partial charge in [0, 0.05) is 22.7 Å². The maximum atomic E-state index is 2.64. The molecule has 7 aliphatic rings.